The van der Waals surface area contributed by atoms with Gasteiger partial charge in [0.2, 0.25) is 5.91 Å². The van der Waals surface area contributed by atoms with E-state index in [1.165, 1.54) is 0 Å². The number of likely N-dealkylation sites (tertiary alicyclic amines) is 1. The normalized spacial score (nSPS) is 16.9. The molecule has 1 rings (SSSR count). The summed E-state index contributed by atoms with van der Waals surface area (Å²) in [6.07, 6.45) is 3.23. The molecule has 182 valence electrons. The highest BCUT2D eigenvalue weighted by Crippen LogP contribution is 2.24. The van der Waals surface area contributed by atoms with Crippen molar-refractivity contribution in [1.82, 2.24) is 10.2 Å². The molecule has 0 aliphatic carbocycles. The van der Waals surface area contributed by atoms with Gasteiger partial charge in [-0.2, -0.15) is 0 Å². The van der Waals surface area contributed by atoms with Crippen LogP contribution in [0.4, 0.5) is 0 Å². The van der Waals surface area contributed by atoms with E-state index in [1.54, 1.807) is 0 Å². The lowest BCUT2D eigenvalue weighted by Gasteiger charge is -2.34. The van der Waals surface area contributed by atoms with Gasteiger partial charge in [0.25, 0.3) is 0 Å². The molecule has 0 unspecified atom stereocenters. The minimum absolute atomic E-state index is 0.0426. The van der Waals surface area contributed by atoms with Crippen molar-refractivity contribution in [2.75, 3.05) is 67.2 Å². The van der Waals surface area contributed by atoms with Crippen LogP contribution in [0.2, 0.25) is 0 Å². The Balaban J connectivity index is 2.22. The molecule has 0 aromatic carbocycles. The van der Waals surface area contributed by atoms with Crippen molar-refractivity contribution in [2.45, 2.75) is 65.5 Å². The number of quaternary nitrogens is 1. The first-order chi connectivity index (χ1) is 14.5. The maximum atomic E-state index is 12.5. The first kappa shape index (κ1) is 28.0. The Morgan fingerprint density at radius 1 is 0.968 bits per heavy atom. The van der Waals surface area contributed by atoms with Crippen molar-refractivity contribution in [3.8, 4) is 0 Å². The van der Waals surface area contributed by atoms with Crippen molar-refractivity contribution >= 4 is 11.7 Å². The number of piperidine rings is 1. The van der Waals surface area contributed by atoms with Gasteiger partial charge >= 0.3 is 0 Å². The molecule has 1 saturated heterocycles. The maximum absolute atomic E-state index is 12.5. The summed E-state index contributed by atoms with van der Waals surface area (Å²) in [6, 6.07) is 0.211. The molecule has 1 amide bonds. The molecule has 1 fully saturated rings. The third-order valence-electron chi connectivity index (χ3n) is 5.72. The fraction of sp³-hybridized carbons (Fsp3) is 0.917. The topological polar surface area (TPSA) is 67.9 Å². The van der Waals surface area contributed by atoms with Gasteiger partial charge in [-0.15, -0.1) is 0 Å². The van der Waals surface area contributed by atoms with Crippen LogP contribution in [0.25, 0.3) is 0 Å². The molecule has 7 heteroatoms. The predicted octanol–water partition coefficient (Wildman–Crippen LogP) is 2.34. The number of hydrogen-bond acceptors (Lipinski definition) is 5. The lowest BCUT2D eigenvalue weighted by atomic mass is 9.86. The molecular weight excluding hydrogens is 394 g/mol. The fourth-order valence-corrected chi connectivity index (χ4v) is 3.80. The van der Waals surface area contributed by atoms with E-state index in [2.05, 4.69) is 40.3 Å². The van der Waals surface area contributed by atoms with E-state index in [4.69, 9.17) is 9.47 Å². The number of ketones is 1. The molecule has 31 heavy (non-hydrogen) atoms. The number of ether oxygens (including phenoxy) is 2. The summed E-state index contributed by atoms with van der Waals surface area (Å²) in [5.74, 6) is 0.995. The molecule has 0 saturated carbocycles. The molecular formula is C24H48N3O4+. The minimum Gasteiger partial charge on any atom is -0.379 e. The Bertz CT molecular complexity index is 523. The van der Waals surface area contributed by atoms with Crippen LogP contribution in [-0.2, 0) is 19.1 Å². The highest BCUT2D eigenvalue weighted by Gasteiger charge is 2.28. The smallest absolute Gasteiger partial charge is 0.224 e. The first-order valence-corrected chi connectivity index (χ1v) is 12.0. The quantitative estimate of drug-likeness (QED) is 0.311. The minimum atomic E-state index is -0.0785. The lowest BCUT2D eigenvalue weighted by Crippen LogP contribution is -2.46. The second-order valence-electron chi connectivity index (χ2n) is 10.5. The van der Waals surface area contributed by atoms with E-state index in [0.717, 1.165) is 50.0 Å². The second-order valence-corrected chi connectivity index (χ2v) is 10.5. The van der Waals surface area contributed by atoms with E-state index in [9.17, 15) is 9.59 Å². The number of rotatable bonds is 15. The molecule has 7 nitrogen and oxygen atoms in total. The van der Waals surface area contributed by atoms with Crippen LogP contribution in [0.1, 0.15) is 53.4 Å². The van der Waals surface area contributed by atoms with Gasteiger partial charge in [0.1, 0.15) is 6.54 Å². The Morgan fingerprint density at radius 2 is 1.55 bits per heavy atom. The van der Waals surface area contributed by atoms with Gasteiger partial charge in [0.15, 0.2) is 5.78 Å². The lowest BCUT2D eigenvalue weighted by molar-refractivity contribution is -0.870. The van der Waals surface area contributed by atoms with Crippen molar-refractivity contribution in [1.29, 1.82) is 0 Å². The number of nitrogens with zero attached hydrogens (tertiary/aromatic N) is 2. The first-order valence-electron chi connectivity index (χ1n) is 12.0. The molecule has 0 aromatic rings. The summed E-state index contributed by atoms with van der Waals surface area (Å²) in [7, 11) is 6.42. The van der Waals surface area contributed by atoms with E-state index >= 15 is 0 Å². The number of hydrogen-bond donors (Lipinski definition) is 1. The molecule has 0 aromatic heterocycles. The van der Waals surface area contributed by atoms with Gasteiger partial charge in [-0.05, 0) is 25.2 Å². The standard InChI is InChI=1S/C24H48N3O4/c1-19(2)24(29)22(25-20(3)4)18-21-8-11-26(12-9-21)23(28)10-14-30-16-17-31-15-13-27(5,6)7/h19-22,25H,8-18H2,1-7H3/q+1/t22-/m0/s1. The van der Waals surface area contributed by atoms with Crippen LogP contribution in [-0.4, -0.2) is 100 Å². The SMILES string of the molecule is CC(C)N[C@@H](CC1CCN(C(=O)CCOCCOCC[N+](C)(C)C)CC1)C(=O)C(C)C. The average molecular weight is 443 g/mol. The Kier molecular flexibility index (Phi) is 12.8. The molecule has 1 aliphatic rings. The van der Waals surface area contributed by atoms with Crippen LogP contribution in [0.5, 0.6) is 0 Å². The second kappa shape index (κ2) is 14.2. The van der Waals surface area contributed by atoms with Crippen LogP contribution in [0, 0.1) is 11.8 Å². The monoisotopic (exact) mass is 442 g/mol. The van der Waals surface area contributed by atoms with Gasteiger partial charge in [-0.1, -0.05) is 27.7 Å². The molecule has 1 heterocycles. The summed E-state index contributed by atoms with van der Waals surface area (Å²) in [4.78, 5) is 27.0. The zero-order valence-corrected chi connectivity index (χ0v) is 21.1. The Hall–Kier alpha value is -1.02. The van der Waals surface area contributed by atoms with E-state index in [0.29, 0.717) is 37.9 Å². The van der Waals surface area contributed by atoms with Crippen LogP contribution >= 0.6 is 0 Å². The number of amides is 1. The molecule has 1 aliphatic heterocycles. The van der Waals surface area contributed by atoms with E-state index < -0.39 is 0 Å². The van der Waals surface area contributed by atoms with E-state index in [-0.39, 0.29) is 23.9 Å². The van der Waals surface area contributed by atoms with Crippen molar-refractivity contribution in [3.63, 3.8) is 0 Å². The molecule has 1 atom stereocenters. The van der Waals surface area contributed by atoms with Crippen LogP contribution in [0.3, 0.4) is 0 Å². The summed E-state index contributed by atoms with van der Waals surface area (Å²) in [5, 5.41) is 3.44. The number of Topliss-reactive ketones (excluding diaryl/α,β-unsaturated/α-hetero) is 1. The number of nitrogens with one attached hydrogen (secondary N) is 1. The zero-order valence-electron chi connectivity index (χ0n) is 21.1. The molecule has 0 spiro atoms. The summed E-state index contributed by atoms with van der Waals surface area (Å²) in [6.45, 7) is 12.9. The number of carbonyl (C=O) groups is 2. The number of likely N-dealkylation sites (N-methyl/N-ethyl adjacent to an activating group) is 1. The highest BCUT2D eigenvalue weighted by molar-refractivity contribution is 5.85. The fourth-order valence-electron chi connectivity index (χ4n) is 3.80. The third-order valence-corrected chi connectivity index (χ3v) is 5.72. The maximum Gasteiger partial charge on any atom is 0.224 e. The van der Waals surface area contributed by atoms with Crippen molar-refractivity contribution in [3.05, 3.63) is 0 Å². The van der Waals surface area contributed by atoms with E-state index in [1.807, 2.05) is 18.7 Å². The van der Waals surface area contributed by atoms with Gasteiger partial charge in [-0.3, -0.25) is 9.59 Å². The summed E-state index contributed by atoms with van der Waals surface area (Å²) < 4.78 is 12.0. The Morgan fingerprint density at radius 3 is 2.06 bits per heavy atom. The van der Waals surface area contributed by atoms with Gasteiger partial charge in [0.05, 0.1) is 60.0 Å². The molecule has 1 N–H and O–H groups in total. The predicted molar refractivity (Wildman–Crippen MR) is 125 cm³/mol. The van der Waals surface area contributed by atoms with Gasteiger partial charge < -0.3 is 24.2 Å². The van der Waals surface area contributed by atoms with Gasteiger partial charge in [-0.25, -0.2) is 0 Å². The average Bonchev–Trinajstić information content (AvgIpc) is 2.68. The van der Waals surface area contributed by atoms with Crippen LogP contribution < -0.4 is 5.32 Å². The summed E-state index contributed by atoms with van der Waals surface area (Å²) in [5.41, 5.74) is 0. The number of carbonyl (C=O) groups excluding carboxylic acids is 2. The molecule has 0 radical (unpaired) electrons. The largest absolute Gasteiger partial charge is 0.379 e. The van der Waals surface area contributed by atoms with Crippen LogP contribution in [0.15, 0.2) is 0 Å². The van der Waals surface area contributed by atoms with Crippen molar-refractivity contribution < 1.29 is 23.5 Å². The third kappa shape index (κ3) is 12.6. The van der Waals surface area contributed by atoms with Gasteiger partial charge in [0, 0.05) is 25.0 Å². The van der Waals surface area contributed by atoms with Crippen molar-refractivity contribution in [2.24, 2.45) is 11.8 Å². The summed E-state index contributed by atoms with van der Waals surface area (Å²) >= 11 is 0. The highest BCUT2D eigenvalue weighted by atomic mass is 16.5. The molecule has 0 bridgehead atoms. The Labute approximate surface area is 190 Å². The zero-order chi connectivity index (χ0) is 23.4.